The molecule has 0 aliphatic rings. The molecule has 5 heteroatoms. The van der Waals surface area contributed by atoms with Gasteiger partial charge in [-0.25, -0.2) is 0 Å². The summed E-state index contributed by atoms with van der Waals surface area (Å²) in [4.78, 5) is 0.812. The minimum atomic E-state index is -0.658. The molecule has 0 fully saturated rings. The lowest BCUT2D eigenvalue weighted by molar-refractivity contribution is 0.224. The molecule has 17 heavy (non-hydrogen) atoms. The molecule has 1 unspecified atom stereocenters. The largest absolute Gasteiger partial charge is 0.497 e. The second kappa shape index (κ2) is 5.40. The van der Waals surface area contributed by atoms with Crippen molar-refractivity contribution in [3.05, 3.63) is 49.6 Å². The van der Waals surface area contributed by atoms with Crippen molar-refractivity contribution in [2.75, 3.05) is 7.11 Å². The summed E-state index contributed by atoms with van der Waals surface area (Å²) in [6, 6.07) is 9.09. The molecule has 0 saturated carbocycles. The molecule has 0 saturated heterocycles. The molecule has 2 nitrogen and oxygen atoms in total. The number of ether oxygens (including phenoxy) is 1. The van der Waals surface area contributed by atoms with Gasteiger partial charge in [-0.05, 0) is 39.7 Å². The highest BCUT2D eigenvalue weighted by Crippen LogP contribution is 2.37. The summed E-state index contributed by atoms with van der Waals surface area (Å²) in [7, 11) is 1.61. The van der Waals surface area contributed by atoms with Gasteiger partial charge in [0.1, 0.15) is 11.9 Å². The third kappa shape index (κ3) is 2.83. The van der Waals surface area contributed by atoms with E-state index in [-0.39, 0.29) is 0 Å². The fraction of sp³-hybridized carbons (Fsp3) is 0.167. The van der Waals surface area contributed by atoms with Crippen LogP contribution in [-0.2, 0) is 0 Å². The molecule has 90 valence electrons. The van der Waals surface area contributed by atoms with E-state index in [4.69, 9.17) is 16.3 Å². The fourth-order valence-electron chi connectivity index (χ4n) is 1.45. The van der Waals surface area contributed by atoms with Gasteiger partial charge in [0.15, 0.2) is 0 Å². The van der Waals surface area contributed by atoms with Crippen molar-refractivity contribution >= 4 is 38.9 Å². The van der Waals surface area contributed by atoms with Gasteiger partial charge in [-0.2, -0.15) is 0 Å². The SMILES string of the molecule is COc1ccc(C(O)c2cc(Cl)c(Br)s2)cc1. The molecule has 0 bridgehead atoms. The predicted molar refractivity (Wildman–Crippen MR) is 74.1 cm³/mol. The van der Waals surface area contributed by atoms with Gasteiger partial charge in [0.05, 0.1) is 15.9 Å². The molecular weight excluding hydrogens is 324 g/mol. The molecule has 1 heterocycles. The normalized spacial score (nSPS) is 12.5. The zero-order valence-electron chi connectivity index (χ0n) is 8.98. The topological polar surface area (TPSA) is 29.5 Å². The number of rotatable bonds is 3. The minimum absolute atomic E-state index is 0.623. The molecular formula is C12H10BrClO2S. The van der Waals surface area contributed by atoms with Crippen LogP contribution in [0, 0.1) is 0 Å². The number of hydrogen-bond acceptors (Lipinski definition) is 3. The molecule has 1 atom stereocenters. The van der Waals surface area contributed by atoms with E-state index in [1.165, 1.54) is 11.3 Å². The summed E-state index contributed by atoms with van der Waals surface area (Å²) < 4.78 is 5.91. The Kier molecular flexibility index (Phi) is 4.09. The van der Waals surface area contributed by atoms with Crippen LogP contribution in [-0.4, -0.2) is 12.2 Å². The van der Waals surface area contributed by atoms with Crippen molar-refractivity contribution in [1.82, 2.24) is 0 Å². The molecule has 1 N–H and O–H groups in total. The lowest BCUT2D eigenvalue weighted by atomic mass is 10.1. The molecule has 0 radical (unpaired) electrons. The third-order valence-electron chi connectivity index (χ3n) is 2.37. The Hall–Kier alpha value is -0.550. The Labute approximate surface area is 117 Å². The van der Waals surface area contributed by atoms with Crippen LogP contribution in [0.3, 0.4) is 0 Å². The average molecular weight is 334 g/mol. The van der Waals surface area contributed by atoms with Crippen LogP contribution in [0.1, 0.15) is 16.5 Å². The number of thiophene rings is 1. The van der Waals surface area contributed by atoms with E-state index in [2.05, 4.69) is 15.9 Å². The number of methoxy groups -OCH3 is 1. The standard InChI is InChI=1S/C12H10BrClO2S/c1-16-8-4-2-7(3-5-8)11(15)10-6-9(14)12(13)17-10/h2-6,11,15H,1H3. The van der Waals surface area contributed by atoms with Crippen molar-refractivity contribution in [1.29, 1.82) is 0 Å². The molecule has 0 aliphatic carbocycles. The lowest BCUT2D eigenvalue weighted by Crippen LogP contribution is -1.96. The quantitative estimate of drug-likeness (QED) is 0.909. The van der Waals surface area contributed by atoms with Crippen molar-refractivity contribution in [3.8, 4) is 5.75 Å². The summed E-state index contributed by atoms with van der Waals surface area (Å²) in [6.07, 6.45) is -0.658. The van der Waals surface area contributed by atoms with Crippen molar-refractivity contribution < 1.29 is 9.84 Å². The average Bonchev–Trinajstić information content (AvgIpc) is 2.69. The van der Waals surface area contributed by atoms with Gasteiger partial charge < -0.3 is 9.84 Å². The maximum absolute atomic E-state index is 10.2. The van der Waals surface area contributed by atoms with Crippen LogP contribution in [0.25, 0.3) is 0 Å². The van der Waals surface area contributed by atoms with Crippen LogP contribution in [0.2, 0.25) is 5.02 Å². The Morgan fingerprint density at radius 1 is 1.35 bits per heavy atom. The van der Waals surface area contributed by atoms with Crippen molar-refractivity contribution in [2.45, 2.75) is 6.10 Å². The van der Waals surface area contributed by atoms with E-state index in [9.17, 15) is 5.11 Å². The van der Waals surface area contributed by atoms with E-state index in [0.29, 0.717) is 5.02 Å². The summed E-state index contributed by atoms with van der Waals surface area (Å²) >= 11 is 10.7. The predicted octanol–water partition coefficient (Wildman–Crippen LogP) is 4.25. The highest BCUT2D eigenvalue weighted by atomic mass is 79.9. The Bertz CT molecular complexity index is 490. The van der Waals surface area contributed by atoms with Gasteiger partial charge in [-0.3, -0.25) is 0 Å². The van der Waals surface area contributed by atoms with Crippen LogP contribution in [0.4, 0.5) is 0 Å². The zero-order valence-corrected chi connectivity index (χ0v) is 12.1. The third-order valence-corrected chi connectivity index (χ3v) is 4.89. The molecule has 1 aromatic carbocycles. The van der Waals surface area contributed by atoms with E-state index >= 15 is 0 Å². The number of aliphatic hydroxyl groups excluding tert-OH is 1. The highest BCUT2D eigenvalue weighted by molar-refractivity contribution is 9.11. The van der Waals surface area contributed by atoms with Crippen molar-refractivity contribution in [2.24, 2.45) is 0 Å². The molecule has 2 rings (SSSR count). The summed E-state index contributed by atoms with van der Waals surface area (Å²) in [5, 5.41) is 10.8. The van der Waals surface area contributed by atoms with Gasteiger partial charge in [0.25, 0.3) is 0 Å². The first-order valence-corrected chi connectivity index (χ1v) is 6.87. The summed E-state index contributed by atoms with van der Waals surface area (Å²) in [5.41, 5.74) is 0.816. The van der Waals surface area contributed by atoms with Gasteiger partial charge in [0, 0.05) is 4.88 Å². The first-order chi connectivity index (χ1) is 8.11. The van der Waals surface area contributed by atoms with Crippen LogP contribution >= 0.6 is 38.9 Å². The van der Waals surface area contributed by atoms with Gasteiger partial charge >= 0.3 is 0 Å². The van der Waals surface area contributed by atoms with Crippen LogP contribution in [0.15, 0.2) is 34.1 Å². The maximum atomic E-state index is 10.2. The maximum Gasteiger partial charge on any atom is 0.118 e. The monoisotopic (exact) mass is 332 g/mol. The Morgan fingerprint density at radius 3 is 2.47 bits per heavy atom. The van der Waals surface area contributed by atoms with Crippen LogP contribution in [0.5, 0.6) is 5.75 Å². The number of aliphatic hydroxyl groups is 1. The number of halogens is 2. The van der Waals surface area contributed by atoms with E-state index in [0.717, 1.165) is 20.0 Å². The van der Waals surface area contributed by atoms with Crippen molar-refractivity contribution in [3.63, 3.8) is 0 Å². The summed E-state index contributed by atoms with van der Waals surface area (Å²) in [6.45, 7) is 0. The lowest BCUT2D eigenvalue weighted by Gasteiger charge is -2.09. The Balaban J connectivity index is 2.26. The van der Waals surface area contributed by atoms with E-state index in [1.54, 1.807) is 13.2 Å². The van der Waals surface area contributed by atoms with Crippen LogP contribution < -0.4 is 4.74 Å². The minimum Gasteiger partial charge on any atom is -0.497 e. The molecule has 0 amide bonds. The summed E-state index contributed by atoms with van der Waals surface area (Å²) in [5.74, 6) is 0.770. The first kappa shape index (κ1) is 12.9. The molecule has 0 aliphatic heterocycles. The first-order valence-electron chi connectivity index (χ1n) is 4.88. The smallest absolute Gasteiger partial charge is 0.118 e. The van der Waals surface area contributed by atoms with E-state index < -0.39 is 6.10 Å². The fourth-order valence-corrected chi connectivity index (χ4v) is 3.21. The number of benzene rings is 1. The van der Waals surface area contributed by atoms with Gasteiger partial charge in [-0.15, -0.1) is 11.3 Å². The highest BCUT2D eigenvalue weighted by Gasteiger charge is 2.15. The Morgan fingerprint density at radius 2 is 2.00 bits per heavy atom. The molecule has 0 spiro atoms. The molecule has 2 aromatic rings. The second-order valence-corrected chi connectivity index (χ2v) is 6.25. The van der Waals surface area contributed by atoms with Gasteiger partial charge in [0.2, 0.25) is 0 Å². The number of hydrogen-bond donors (Lipinski definition) is 1. The van der Waals surface area contributed by atoms with Gasteiger partial charge in [-0.1, -0.05) is 23.7 Å². The molecule has 1 aromatic heterocycles. The van der Waals surface area contributed by atoms with E-state index in [1.807, 2.05) is 24.3 Å². The zero-order chi connectivity index (χ0) is 12.4. The second-order valence-electron chi connectivity index (χ2n) is 3.45.